The number of hydrogen-bond donors (Lipinski definition) is 0. The Hall–Kier alpha value is -1.78. The highest BCUT2D eigenvalue weighted by molar-refractivity contribution is 7.98. The number of thioether (sulfide) groups is 1. The van der Waals surface area contributed by atoms with Gasteiger partial charge in [0.2, 0.25) is 0 Å². The number of nitrogens with zero attached hydrogens (tertiary/aromatic N) is 4. The maximum Gasteiger partial charge on any atom is 0.319 e. The number of rotatable bonds is 6. The summed E-state index contributed by atoms with van der Waals surface area (Å²) < 4.78 is 34.7. The molecule has 2 unspecified atom stereocenters. The molecule has 0 aromatic carbocycles. The number of ether oxygens (including phenoxy) is 1. The number of aryl methyl sites for hydroxylation is 1. The van der Waals surface area contributed by atoms with E-state index in [2.05, 4.69) is 11.9 Å². The highest BCUT2D eigenvalue weighted by Gasteiger charge is 2.26. The van der Waals surface area contributed by atoms with Crippen LogP contribution in [0, 0.1) is 5.92 Å². The maximum absolute atomic E-state index is 13.6. The van der Waals surface area contributed by atoms with Crippen LogP contribution in [0.2, 0.25) is 0 Å². The average Bonchev–Trinajstić information content (AvgIpc) is 3.47. The number of imidazole rings is 1. The molecule has 0 radical (unpaired) electrons. The Morgan fingerprint density at radius 2 is 2.26 bits per heavy atom. The standard InChI is InChI=1S/C21H24F2N4O2S2/c1-12-4-5-14-15(9-12)31-18-17(14)19(28)27(10-13-3-2-8-29-13)21(25-18)30-11-16-24-6-7-26(16)20(22)23/h6-7,12-13,20H,2-5,8-11H2,1H3. The van der Waals surface area contributed by atoms with E-state index in [0.717, 1.165) is 52.5 Å². The summed E-state index contributed by atoms with van der Waals surface area (Å²) in [7, 11) is 0. The summed E-state index contributed by atoms with van der Waals surface area (Å²) in [5.74, 6) is 1.08. The molecule has 3 aromatic rings. The Morgan fingerprint density at radius 1 is 1.39 bits per heavy atom. The van der Waals surface area contributed by atoms with Crippen molar-refractivity contribution < 1.29 is 13.5 Å². The summed E-state index contributed by atoms with van der Waals surface area (Å²) in [6.45, 7) is 0.737. The van der Waals surface area contributed by atoms with Crippen LogP contribution in [0.5, 0.6) is 0 Å². The molecule has 1 aliphatic carbocycles. The first-order valence-electron chi connectivity index (χ1n) is 10.6. The van der Waals surface area contributed by atoms with Gasteiger partial charge in [0.05, 0.1) is 23.8 Å². The lowest BCUT2D eigenvalue weighted by Crippen LogP contribution is -2.29. The van der Waals surface area contributed by atoms with Crippen LogP contribution >= 0.6 is 23.1 Å². The Kier molecular flexibility index (Phi) is 5.87. The number of fused-ring (bicyclic) bond motifs is 3. The number of aromatic nitrogens is 4. The molecular formula is C21H24F2N4O2S2. The summed E-state index contributed by atoms with van der Waals surface area (Å²) in [5.41, 5.74) is 1.12. The lowest BCUT2D eigenvalue weighted by molar-refractivity contribution is 0.0678. The molecule has 0 N–H and O–H groups in total. The van der Waals surface area contributed by atoms with Crippen molar-refractivity contribution in [2.45, 2.75) is 69.1 Å². The molecule has 31 heavy (non-hydrogen) atoms. The minimum absolute atomic E-state index is 0.0196. The van der Waals surface area contributed by atoms with Gasteiger partial charge in [0, 0.05) is 23.9 Å². The Balaban J connectivity index is 1.54. The Bertz CT molecular complexity index is 1150. The SMILES string of the molecule is CC1CCc2c(sc3nc(SCc4nccn4C(F)F)n(CC4CCCO4)c(=O)c23)C1. The summed E-state index contributed by atoms with van der Waals surface area (Å²) in [5, 5.41) is 1.28. The zero-order valence-corrected chi connectivity index (χ0v) is 18.9. The molecule has 4 heterocycles. The van der Waals surface area contributed by atoms with E-state index in [1.807, 2.05) is 0 Å². The van der Waals surface area contributed by atoms with Crippen molar-refractivity contribution in [3.63, 3.8) is 0 Å². The minimum atomic E-state index is -2.64. The Labute approximate surface area is 186 Å². The van der Waals surface area contributed by atoms with E-state index >= 15 is 0 Å². The molecule has 2 aliphatic rings. The van der Waals surface area contributed by atoms with Gasteiger partial charge in [-0.1, -0.05) is 18.7 Å². The summed E-state index contributed by atoms with van der Waals surface area (Å²) >= 11 is 2.89. The third kappa shape index (κ3) is 4.05. The van der Waals surface area contributed by atoms with Gasteiger partial charge < -0.3 is 4.74 Å². The predicted molar refractivity (Wildman–Crippen MR) is 117 cm³/mol. The van der Waals surface area contributed by atoms with Crippen LogP contribution in [0.25, 0.3) is 10.2 Å². The summed E-state index contributed by atoms with van der Waals surface area (Å²) in [4.78, 5) is 24.5. The molecule has 166 valence electrons. The van der Waals surface area contributed by atoms with Crippen molar-refractivity contribution in [2.75, 3.05) is 6.61 Å². The molecule has 10 heteroatoms. The van der Waals surface area contributed by atoms with Crippen LogP contribution in [-0.2, 0) is 29.9 Å². The summed E-state index contributed by atoms with van der Waals surface area (Å²) in [6.07, 6.45) is 7.48. The smallest absolute Gasteiger partial charge is 0.319 e. The van der Waals surface area contributed by atoms with Crippen LogP contribution in [0.1, 0.15) is 49.0 Å². The van der Waals surface area contributed by atoms with Gasteiger partial charge in [0.15, 0.2) is 5.16 Å². The largest absolute Gasteiger partial charge is 0.376 e. The molecule has 1 saturated heterocycles. The second-order valence-electron chi connectivity index (χ2n) is 8.29. The van der Waals surface area contributed by atoms with Crippen LogP contribution in [0.3, 0.4) is 0 Å². The molecule has 0 amide bonds. The first kappa shape index (κ1) is 21.1. The normalized spacial score (nSPS) is 21.3. The molecule has 3 aromatic heterocycles. The number of thiophene rings is 1. The topological polar surface area (TPSA) is 61.9 Å². The van der Waals surface area contributed by atoms with Crippen molar-refractivity contribution in [1.29, 1.82) is 0 Å². The zero-order valence-electron chi connectivity index (χ0n) is 17.2. The maximum atomic E-state index is 13.6. The van der Waals surface area contributed by atoms with Gasteiger partial charge in [0.25, 0.3) is 5.56 Å². The van der Waals surface area contributed by atoms with Gasteiger partial charge in [0.1, 0.15) is 10.7 Å². The van der Waals surface area contributed by atoms with Crippen molar-refractivity contribution in [2.24, 2.45) is 5.92 Å². The molecule has 2 atom stereocenters. The molecule has 6 nitrogen and oxygen atoms in total. The second-order valence-corrected chi connectivity index (χ2v) is 10.3. The van der Waals surface area contributed by atoms with E-state index in [4.69, 9.17) is 9.72 Å². The molecule has 5 rings (SSSR count). The van der Waals surface area contributed by atoms with Crippen molar-refractivity contribution in [1.82, 2.24) is 19.1 Å². The lowest BCUT2D eigenvalue weighted by Gasteiger charge is -2.18. The van der Waals surface area contributed by atoms with Gasteiger partial charge in [-0.15, -0.1) is 11.3 Å². The molecule has 0 bridgehead atoms. The molecular weight excluding hydrogens is 442 g/mol. The predicted octanol–water partition coefficient (Wildman–Crippen LogP) is 4.65. The van der Waals surface area contributed by atoms with Crippen LogP contribution in [-0.4, -0.2) is 31.8 Å². The van der Waals surface area contributed by atoms with Crippen LogP contribution in [0.4, 0.5) is 8.78 Å². The lowest BCUT2D eigenvalue weighted by atomic mass is 9.89. The van der Waals surface area contributed by atoms with Gasteiger partial charge in [-0.25, -0.2) is 9.97 Å². The van der Waals surface area contributed by atoms with Crippen LogP contribution < -0.4 is 5.56 Å². The van der Waals surface area contributed by atoms with Crippen LogP contribution in [0.15, 0.2) is 22.3 Å². The highest BCUT2D eigenvalue weighted by atomic mass is 32.2. The van der Waals surface area contributed by atoms with Crippen molar-refractivity contribution in [3.8, 4) is 0 Å². The van der Waals surface area contributed by atoms with E-state index in [-0.39, 0.29) is 23.2 Å². The molecule has 0 spiro atoms. The van der Waals surface area contributed by atoms with E-state index in [1.165, 1.54) is 29.0 Å². The van der Waals surface area contributed by atoms with Gasteiger partial charge in [-0.2, -0.15) is 8.78 Å². The van der Waals surface area contributed by atoms with Crippen molar-refractivity contribution >= 4 is 33.3 Å². The van der Waals surface area contributed by atoms with E-state index in [1.54, 1.807) is 15.9 Å². The molecule has 1 fully saturated rings. The van der Waals surface area contributed by atoms with E-state index in [0.29, 0.717) is 24.2 Å². The zero-order chi connectivity index (χ0) is 21.5. The fraction of sp³-hybridized carbons (Fsp3) is 0.571. The third-order valence-electron chi connectivity index (χ3n) is 6.08. The number of halogens is 2. The molecule has 0 saturated carbocycles. The Morgan fingerprint density at radius 3 is 3.03 bits per heavy atom. The minimum Gasteiger partial charge on any atom is -0.376 e. The van der Waals surface area contributed by atoms with Crippen molar-refractivity contribution in [3.05, 3.63) is 39.0 Å². The fourth-order valence-corrected chi connectivity index (χ4v) is 6.81. The second kappa shape index (κ2) is 8.63. The molecule has 1 aliphatic heterocycles. The number of alkyl halides is 2. The number of hydrogen-bond acceptors (Lipinski definition) is 6. The fourth-order valence-electron chi connectivity index (χ4n) is 4.43. The van der Waals surface area contributed by atoms with E-state index < -0.39 is 6.55 Å². The average molecular weight is 467 g/mol. The van der Waals surface area contributed by atoms with Gasteiger partial charge >= 0.3 is 6.55 Å². The first-order chi connectivity index (χ1) is 15.0. The van der Waals surface area contributed by atoms with Gasteiger partial charge in [-0.05, 0) is 43.6 Å². The monoisotopic (exact) mass is 466 g/mol. The third-order valence-corrected chi connectivity index (χ3v) is 8.20. The highest BCUT2D eigenvalue weighted by Crippen LogP contribution is 2.37. The van der Waals surface area contributed by atoms with E-state index in [9.17, 15) is 13.6 Å². The first-order valence-corrected chi connectivity index (χ1v) is 12.4. The quantitative estimate of drug-likeness (QED) is 0.391. The van der Waals surface area contributed by atoms with Gasteiger partial charge in [-0.3, -0.25) is 13.9 Å². The summed E-state index contributed by atoms with van der Waals surface area (Å²) in [6, 6.07) is 0.